The molecule has 2 atom stereocenters. The van der Waals surface area contributed by atoms with Crippen molar-refractivity contribution in [3.8, 4) is 11.5 Å². The highest BCUT2D eigenvalue weighted by atomic mass is 16.7. The van der Waals surface area contributed by atoms with E-state index in [4.69, 9.17) is 34.2 Å². The van der Waals surface area contributed by atoms with Crippen LogP contribution in [0.2, 0.25) is 0 Å². The zero-order valence-electron chi connectivity index (χ0n) is 23.4. The average Bonchev–Trinajstić information content (AvgIpc) is 2.84. The summed E-state index contributed by atoms with van der Waals surface area (Å²) in [7, 11) is 0. The van der Waals surface area contributed by atoms with Crippen LogP contribution in [0.15, 0.2) is 18.2 Å². The molecule has 1 aromatic rings. The highest BCUT2D eigenvalue weighted by Crippen LogP contribution is 2.31. The van der Waals surface area contributed by atoms with E-state index in [0.717, 1.165) is 12.8 Å². The summed E-state index contributed by atoms with van der Waals surface area (Å²) in [5.41, 5.74) is 4.70. The van der Waals surface area contributed by atoms with E-state index in [9.17, 15) is 24.3 Å². The Kier molecular flexibility index (Phi) is 14.7. The summed E-state index contributed by atoms with van der Waals surface area (Å²) in [6.07, 6.45) is -1.41. The molecular formula is C27H41NO11. The van der Waals surface area contributed by atoms with Gasteiger partial charge in [0.05, 0.1) is 19.8 Å². The van der Waals surface area contributed by atoms with Crippen molar-refractivity contribution >= 4 is 24.4 Å². The topological polar surface area (TPSA) is 170 Å². The highest BCUT2D eigenvalue weighted by Gasteiger charge is 2.37. The molecule has 0 aliphatic rings. The van der Waals surface area contributed by atoms with Crippen molar-refractivity contribution in [2.75, 3.05) is 19.8 Å². The third kappa shape index (κ3) is 13.2. The monoisotopic (exact) mass is 555 g/mol. The number of hydrogen-bond donors (Lipinski definition) is 2. The summed E-state index contributed by atoms with van der Waals surface area (Å²) < 4.78 is 30.6. The van der Waals surface area contributed by atoms with Crippen molar-refractivity contribution in [3.63, 3.8) is 0 Å². The van der Waals surface area contributed by atoms with Crippen molar-refractivity contribution < 1.29 is 52.7 Å². The third-order valence-corrected chi connectivity index (χ3v) is 5.26. The largest absolute Gasteiger partial charge is 0.513 e. The number of ether oxygens (including phenoxy) is 6. The molecule has 12 heteroatoms. The van der Waals surface area contributed by atoms with Crippen LogP contribution in [0.1, 0.15) is 72.3 Å². The normalized spacial score (nSPS) is 13.1. The molecule has 0 aliphatic heterocycles. The maximum Gasteiger partial charge on any atom is 0.513 e. The third-order valence-electron chi connectivity index (χ3n) is 5.26. The molecule has 0 saturated carbocycles. The molecule has 39 heavy (non-hydrogen) atoms. The van der Waals surface area contributed by atoms with Gasteiger partial charge in [-0.25, -0.2) is 14.4 Å². The molecule has 3 N–H and O–H groups in total. The number of unbranched alkanes of at least 4 members (excludes halogenated alkanes) is 2. The van der Waals surface area contributed by atoms with Crippen LogP contribution >= 0.6 is 0 Å². The molecule has 0 heterocycles. The van der Waals surface area contributed by atoms with E-state index in [0.29, 0.717) is 18.4 Å². The Morgan fingerprint density at radius 2 is 1.44 bits per heavy atom. The predicted molar refractivity (Wildman–Crippen MR) is 140 cm³/mol. The fraction of sp³-hybridized carbons (Fsp3) is 0.630. The van der Waals surface area contributed by atoms with Crippen LogP contribution in [0.25, 0.3) is 0 Å². The Labute approximate surface area is 229 Å². The van der Waals surface area contributed by atoms with Crippen LogP contribution in [0.5, 0.6) is 11.5 Å². The average molecular weight is 556 g/mol. The first-order valence-electron chi connectivity index (χ1n) is 13.1. The van der Waals surface area contributed by atoms with E-state index in [-0.39, 0.29) is 50.1 Å². The summed E-state index contributed by atoms with van der Waals surface area (Å²) in [6, 6.07) is 4.12. The molecule has 0 aromatic heterocycles. The summed E-state index contributed by atoms with van der Waals surface area (Å²) in [6.45, 7) is 9.53. The quantitative estimate of drug-likeness (QED) is 0.118. The van der Waals surface area contributed by atoms with E-state index in [1.165, 1.54) is 25.1 Å². The van der Waals surface area contributed by atoms with Crippen LogP contribution in [0.3, 0.4) is 0 Å². The second-order valence-corrected chi connectivity index (χ2v) is 9.61. The molecule has 0 spiro atoms. The van der Waals surface area contributed by atoms with Gasteiger partial charge in [-0.1, -0.05) is 46.6 Å². The van der Waals surface area contributed by atoms with E-state index in [1.807, 2.05) is 27.7 Å². The van der Waals surface area contributed by atoms with Gasteiger partial charge in [0, 0.05) is 12.8 Å². The van der Waals surface area contributed by atoms with Crippen molar-refractivity contribution in [2.45, 2.75) is 84.8 Å². The van der Waals surface area contributed by atoms with Gasteiger partial charge < -0.3 is 39.3 Å². The summed E-state index contributed by atoms with van der Waals surface area (Å²) in [4.78, 5) is 48.3. The lowest BCUT2D eigenvalue weighted by Gasteiger charge is -2.28. The van der Waals surface area contributed by atoms with Gasteiger partial charge in [-0.15, -0.1) is 0 Å². The number of aliphatic carboxylic acids is 1. The molecule has 0 aliphatic carbocycles. The van der Waals surface area contributed by atoms with E-state index in [2.05, 4.69) is 0 Å². The smallest absolute Gasteiger partial charge is 0.480 e. The maximum absolute atomic E-state index is 12.2. The van der Waals surface area contributed by atoms with Gasteiger partial charge in [0.25, 0.3) is 0 Å². The van der Waals surface area contributed by atoms with Gasteiger partial charge in [-0.2, -0.15) is 0 Å². The molecule has 12 nitrogen and oxygen atoms in total. The molecule has 220 valence electrons. The van der Waals surface area contributed by atoms with Crippen molar-refractivity contribution in [3.05, 3.63) is 23.8 Å². The second-order valence-electron chi connectivity index (χ2n) is 9.61. The Morgan fingerprint density at radius 3 is 1.95 bits per heavy atom. The zero-order chi connectivity index (χ0) is 29.4. The molecule has 0 bridgehead atoms. The lowest BCUT2D eigenvalue weighted by Crippen LogP contribution is -2.52. The molecule has 0 saturated heterocycles. The Morgan fingerprint density at radius 1 is 0.872 bits per heavy atom. The van der Waals surface area contributed by atoms with Crippen molar-refractivity contribution in [1.82, 2.24) is 0 Å². The standard InChI is InChI=1S/C27H41NO11/c1-6-8-12-34-24(31)38-21-11-10-20(14-22(21)39-25(32)35-13-9-7-2)16-27(28,23(29)30)15-19(5)37-26(33)36-17-18(3)4/h10-11,14,18-19H,6-9,12-13,15-17,28H2,1-5H3,(H,29,30)/t19-,27+/m0/s1. The zero-order valence-corrected chi connectivity index (χ0v) is 23.4. The lowest BCUT2D eigenvalue weighted by atomic mass is 9.86. The summed E-state index contributed by atoms with van der Waals surface area (Å²) >= 11 is 0. The molecule has 1 aromatic carbocycles. The van der Waals surface area contributed by atoms with Gasteiger partial charge in [-0.3, -0.25) is 4.79 Å². The SMILES string of the molecule is CCCCOC(=O)Oc1ccc(C[C@](N)(C[C@H](C)OC(=O)OCC(C)C)C(=O)O)cc1OC(=O)OCCCC. The first kappa shape index (κ1) is 33.5. The van der Waals surface area contributed by atoms with E-state index < -0.39 is 36.1 Å². The highest BCUT2D eigenvalue weighted by molar-refractivity contribution is 5.79. The van der Waals surface area contributed by atoms with E-state index >= 15 is 0 Å². The minimum atomic E-state index is -1.86. The fourth-order valence-electron chi connectivity index (χ4n) is 3.25. The maximum atomic E-state index is 12.2. The van der Waals surface area contributed by atoms with Crippen molar-refractivity contribution in [2.24, 2.45) is 11.7 Å². The van der Waals surface area contributed by atoms with Gasteiger partial charge in [0.15, 0.2) is 11.5 Å². The number of benzene rings is 1. The molecule has 0 amide bonds. The van der Waals surface area contributed by atoms with Gasteiger partial charge in [0.1, 0.15) is 11.6 Å². The summed E-state index contributed by atoms with van der Waals surface area (Å²) in [5.74, 6) is -1.55. The summed E-state index contributed by atoms with van der Waals surface area (Å²) in [5, 5.41) is 9.88. The Hall–Kier alpha value is -3.54. The predicted octanol–water partition coefficient (Wildman–Crippen LogP) is 5.23. The number of carbonyl (C=O) groups excluding carboxylic acids is 3. The Bertz CT molecular complexity index is 950. The number of nitrogens with two attached hydrogens (primary N) is 1. The van der Waals surface area contributed by atoms with E-state index in [1.54, 1.807) is 0 Å². The van der Waals surface area contributed by atoms with Crippen molar-refractivity contribution in [1.29, 1.82) is 0 Å². The van der Waals surface area contributed by atoms with Crippen LogP contribution in [0, 0.1) is 5.92 Å². The minimum Gasteiger partial charge on any atom is -0.480 e. The number of carbonyl (C=O) groups is 4. The van der Waals surface area contributed by atoms with Crippen LogP contribution < -0.4 is 15.2 Å². The molecule has 1 rings (SSSR count). The lowest BCUT2D eigenvalue weighted by molar-refractivity contribution is -0.144. The molecule has 0 unspecified atom stereocenters. The molecule has 0 radical (unpaired) electrons. The van der Waals surface area contributed by atoms with Gasteiger partial charge >= 0.3 is 24.4 Å². The first-order valence-corrected chi connectivity index (χ1v) is 13.1. The molecular weight excluding hydrogens is 514 g/mol. The fourth-order valence-corrected chi connectivity index (χ4v) is 3.25. The Balaban J connectivity index is 3.08. The number of rotatable bonds is 16. The van der Waals surface area contributed by atoms with Crippen LogP contribution in [-0.2, 0) is 30.2 Å². The number of hydrogen-bond acceptors (Lipinski definition) is 11. The van der Waals surface area contributed by atoms with Crippen LogP contribution in [-0.4, -0.2) is 61.0 Å². The second kappa shape index (κ2) is 17.1. The van der Waals surface area contributed by atoms with Gasteiger partial charge in [0.2, 0.25) is 0 Å². The van der Waals surface area contributed by atoms with Crippen LogP contribution in [0.4, 0.5) is 14.4 Å². The number of carboxylic acids is 1. The molecule has 0 fully saturated rings. The number of carboxylic acid groups (broad SMARTS) is 1. The minimum absolute atomic E-state index is 0.103. The first-order chi connectivity index (χ1) is 18.4. The van der Waals surface area contributed by atoms with Gasteiger partial charge in [-0.05, 0) is 43.4 Å².